The van der Waals surface area contributed by atoms with Gasteiger partial charge in [-0.05, 0) is 11.1 Å². The van der Waals surface area contributed by atoms with Crippen LogP contribution in [0.1, 0.15) is 11.1 Å². The van der Waals surface area contributed by atoms with Gasteiger partial charge in [-0.2, -0.15) is 0 Å². The summed E-state index contributed by atoms with van der Waals surface area (Å²) in [5.74, 6) is -0.386. The zero-order chi connectivity index (χ0) is 11.8. The number of methoxy groups -OCH3 is 1. The molecule has 1 rings (SSSR count). The number of esters is 1. The van der Waals surface area contributed by atoms with Crippen LogP contribution in [0.2, 0.25) is 0 Å². The first-order valence-corrected chi connectivity index (χ1v) is 4.93. The highest BCUT2D eigenvalue weighted by Crippen LogP contribution is 2.03. The first-order valence-electron chi connectivity index (χ1n) is 4.93. The van der Waals surface area contributed by atoms with Gasteiger partial charge in [-0.15, -0.1) is 0 Å². The molecule has 0 saturated heterocycles. The quantitative estimate of drug-likeness (QED) is 0.574. The molecule has 2 N–H and O–H groups in total. The number of hydrogen-bond donors (Lipinski definition) is 2. The van der Waals surface area contributed by atoms with Crippen molar-refractivity contribution in [1.29, 1.82) is 0 Å². The third-order valence-electron chi connectivity index (χ3n) is 2.05. The van der Waals surface area contributed by atoms with Crippen molar-refractivity contribution < 1.29 is 14.6 Å². The van der Waals surface area contributed by atoms with Gasteiger partial charge < -0.3 is 15.2 Å². The van der Waals surface area contributed by atoms with E-state index in [1.165, 1.54) is 13.2 Å². The largest absolute Gasteiger partial charge is 0.466 e. The van der Waals surface area contributed by atoms with Crippen LogP contribution in [0.5, 0.6) is 0 Å². The molecule has 4 nitrogen and oxygen atoms in total. The maximum absolute atomic E-state index is 10.7. The van der Waals surface area contributed by atoms with Crippen LogP contribution in [-0.4, -0.2) is 18.2 Å². The summed E-state index contributed by atoms with van der Waals surface area (Å²) in [6.07, 6.45) is 2.87. The summed E-state index contributed by atoms with van der Waals surface area (Å²) in [7, 11) is 1.33. The third kappa shape index (κ3) is 4.14. The van der Waals surface area contributed by atoms with E-state index in [1.54, 1.807) is 6.20 Å². The summed E-state index contributed by atoms with van der Waals surface area (Å²) < 4.78 is 4.44. The number of nitrogens with one attached hydrogen (secondary N) is 1. The molecule has 1 aromatic carbocycles. The molecule has 0 fully saturated rings. The molecule has 0 unspecified atom stereocenters. The lowest BCUT2D eigenvalue weighted by Gasteiger charge is -2.02. The van der Waals surface area contributed by atoms with Crippen molar-refractivity contribution in [3.63, 3.8) is 0 Å². The number of aliphatic hydroxyl groups excluding tert-OH is 1. The van der Waals surface area contributed by atoms with Crippen molar-refractivity contribution in [2.75, 3.05) is 7.11 Å². The molecule has 0 aliphatic rings. The van der Waals surface area contributed by atoms with Gasteiger partial charge in [0.15, 0.2) is 0 Å². The maximum atomic E-state index is 10.7. The fourth-order valence-electron chi connectivity index (χ4n) is 1.13. The van der Waals surface area contributed by atoms with Gasteiger partial charge in [0.25, 0.3) is 0 Å². The van der Waals surface area contributed by atoms with E-state index in [0.717, 1.165) is 11.1 Å². The third-order valence-corrected chi connectivity index (χ3v) is 2.05. The fraction of sp³-hybridized carbons (Fsp3) is 0.250. The summed E-state index contributed by atoms with van der Waals surface area (Å²) in [5, 5.41) is 11.8. The van der Waals surface area contributed by atoms with Crippen LogP contribution in [-0.2, 0) is 22.7 Å². The van der Waals surface area contributed by atoms with E-state index < -0.39 is 0 Å². The van der Waals surface area contributed by atoms with Crippen LogP contribution >= 0.6 is 0 Å². The van der Waals surface area contributed by atoms with Crippen molar-refractivity contribution >= 4 is 5.97 Å². The smallest absolute Gasteiger partial charge is 0.331 e. The highest BCUT2D eigenvalue weighted by Gasteiger charge is 1.93. The number of rotatable bonds is 5. The summed E-state index contributed by atoms with van der Waals surface area (Å²) in [5.41, 5.74) is 1.96. The molecule has 0 radical (unpaired) electrons. The molecule has 0 atom stereocenters. The molecule has 0 aliphatic carbocycles. The maximum Gasteiger partial charge on any atom is 0.331 e. The van der Waals surface area contributed by atoms with Gasteiger partial charge in [-0.1, -0.05) is 24.3 Å². The number of ether oxygens (including phenoxy) is 1. The van der Waals surface area contributed by atoms with Crippen molar-refractivity contribution in [3.8, 4) is 0 Å². The minimum atomic E-state index is -0.386. The topological polar surface area (TPSA) is 58.6 Å². The van der Waals surface area contributed by atoms with Crippen LogP contribution in [0.4, 0.5) is 0 Å². The molecule has 0 heterocycles. The molecule has 0 bridgehead atoms. The highest BCUT2D eigenvalue weighted by molar-refractivity contribution is 5.81. The number of carbonyl (C=O) groups is 1. The van der Waals surface area contributed by atoms with E-state index in [1.807, 2.05) is 24.3 Å². The SMILES string of the molecule is COC(=O)/C=C/NCc1ccc(CO)cc1. The molecule has 1 aromatic rings. The van der Waals surface area contributed by atoms with Gasteiger partial charge in [0.2, 0.25) is 0 Å². The Bertz CT molecular complexity index is 357. The lowest BCUT2D eigenvalue weighted by molar-refractivity contribution is -0.134. The van der Waals surface area contributed by atoms with Gasteiger partial charge in [0.1, 0.15) is 0 Å². The zero-order valence-corrected chi connectivity index (χ0v) is 9.14. The second kappa shape index (κ2) is 6.63. The van der Waals surface area contributed by atoms with Gasteiger partial charge >= 0.3 is 5.97 Å². The average molecular weight is 221 g/mol. The van der Waals surface area contributed by atoms with E-state index in [2.05, 4.69) is 10.1 Å². The van der Waals surface area contributed by atoms with Crippen LogP contribution < -0.4 is 5.32 Å². The first-order chi connectivity index (χ1) is 7.76. The minimum absolute atomic E-state index is 0.0515. The van der Waals surface area contributed by atoms with Crippen molar-refractivity contribution in [2.45, 2.75) is 13.2 Å². The average Bonchev–Trinajstić information content (AvgIpc) is 2.35. The molecule has 16 heavy (non-hydrogen) atoms. The molecule has 0 spiro atoms. The second-order valence-electron chi connectivity index (χ2n) is 3.21. The van der Waals surface area contributed by atoms with Gasteiger partial charge in [-0.3, -0.25) is 0 Å². The van der Waals surface area contributed by atoms with Crippen LogP contribution in [0.3, 0.4) is 0 Å². The predicted molar refractivity (Wildman–Crippen MR) is 60.4 cm³/mol. The number of aliphatic hydroxyl groups is 1. The zero-order valence-electron chi connectivity index (χ0n) is 9.14. The number of carbonyl (C=O) groups excluding carboxylic acids is 1. The standard InChI is InChI=1S/C12H15NO3/c1-16-12(15)6-7-13-8-10-2-4-11(9-14)5-3-10/h2-7,13-14H,8-9H2,1H3/b7-6+. The molecule has 86 valence electrons. The lowest BCUT2D eigenvalue weighted by atomic mass is 10.1. The predicted octanol–water partition coefficient (Wildman–Crippen LogP) is 0.955. The second-order valence-corrected chi connectivity index (χ2v) is 3.21. The molecule has 0 amide bonds. The van der Waals surface area contributed by atoms with E-state index >= 15 is 0 Å². The van der Waals surface area contributed by atoms with Crippen LogP contribution in [0.25, 0.3) is 0 Å². The Balaban J connectivity index is 2.37. The molecule has 4 heteroatoms. The molecular formula is C12H15NO3. The lowest BCUT2D eigenvalue weighted by Crippen LogP contribution is -2.06. The Morgan fingerprint density at radius 1 is 1.38 bits per heavy atom. The van der Waals surface area contributed by atoms with E-state index in [9.17, 15) is 4.79 Å². The fourth-order valence-corrected chi connectivity index (χ4v) is 1.13. The van der Waals surface area contributed by atoms with Crippen molar-refractivity contribution in [2.24, 2.45) is 0 Å². The number of hydrogen-bond acceptors (Lipinski definition) is 4. The number of benzene rings is 1. The Labute approximate surface area is 94.6 Å². The summed E-state index contributed by atoms with van der Waals surface area (Å²) in [6.45, 7) is 0.676. The molecular weight excluding hydrogens is 206 g/mol. The Morgan fingerprint density at radius 3 is 2.56 bits per heavy atom. The summed E-state index contributed by atoms with van der Waals surface area (Å²) in [6, 6.07) is 7.57. The van der Waals surface area contributed by atoms with Gasteiger partial charge in [0, 0.05) is 18.8 Å². The monoisotopic (exact) mass is 221 g/mol. The first kappa shape index (κ1) is 12.3. The van der Waals surface area contributed by atoms with Gasteiger partial charge in [-0.25, -0.2) is 4.79 Å². The Kier molecular flexibility index (Phi) is 5.08. The molecule has 0 saturated carbocycles. The van der Waals surface area contributed by atoms with E-state index in [-0.39, 0.29) is 12.6 Å². The highest BCUT2D eigenvalue weighted by atomic mass is 16.5. The molecule has 0 aromatic heterocycles. The molecule has 0 aliphatic heterocycles. The Morgan fingerprint density at radius 2 is 2.00 bits per heavy atom. The van der Waals surface area contributed by atoms with Crippen molar-refractivity contribution in [1.82, 2.24) is 5.32 Å². The van der Waals surface area contributed by atoms with E-state index in [0.29, 0.717) is 6.54 Å². The normalized spacial score (nSPS) is 10.4. The van der Waals surface area contributed by atoms with Crippen LogP contribution in [0.15, 0.2) is 36.5 Å². The minimum Gasteiger partial charge on any atom is -0.466 e. The van der Waals surface area contributed by atoms with Gasteiger partial charge in [0.05, 0.1) is 13.7 Å². The Hall–Kier alpha value is -1.81. The van der Waals surface area contributed by atoms with E-state index in [4.69, 9.17) is 5.11 Å². The van der Waals surface area contributed by atoms with Crippen LogP contribution in [0, 0.1) is 0 Å². The summed E-state index contributed by atoms with van der Waals surface area (Å²) >= 11 is 0. The van der Waals surface area contributed by atoms with Crippen molar-refractivity contribution in [3.05, 3.63) is 47.7 Å². The summed E-state index contributed by atoms with van der Waals surface area (Å²) in [4.78, 5) is 10.7.